The molecule has 5 rings (SSSR count). The lowest BCUT2D eigenvalue weighted by Crippen LogP contribution is -2.65. The number of methoxy groups -OCH3 is 1. The second-order valence-electron chi connectivity index (χ2n) is 7.58. The zero-order valence-electron chi connectivity index (χ0n) is 14.3. The van der Waals surface area contributed by atoms with Crippen LogP contribution in [0.25, 0.3) is 0 Å². The Bertz CT molecular complexity index is 799. The quantitative estimate of drug-likeness (QED) is 0.851. The van der Waals surface area contributed by atoms with E-state index in [0.29, 0.717) is 18.4 Å². The average molecular weight is 338 g/mol. The summed E-state index contributed by atoms with van der Waals surface area (Å²) < 4.78 is 11.9. The molecule has 0 aromatic heterocycles. The van der Waals surface area contributed by atoms with Crippen molar-refractivity contribution >= 4 is 0 Å². The largest absolute Gasteiger partial charge is 0.493 e. The Balaban J connectivity index is 1.69. The number of piperidine rings is 1. The maximum absolute atomic E-state index is 10.7. The normalized spacial score (nSPS) is 37.2. The predicted octanol–water partition coefficient (Wildman–Crippen LogP) is 1.78. The van der Waals surface area contributed by atoms with E-state index in [1.165, 1.54) is 11.1 Å². The van der Waals surface area contributed by atoms with Crippen LogP contribution in [0, 0.1) is 17.2 Å². The Labute approximate surface area is 147 Å². The van der Waals surface area contributed by atoms with Gasteiger partial charge in [-0.05, 0) is 31.0 Å². The van der Waals surface area contributed by atoms with Crippen LogP contribution in [0.5, 0.6) is 11.5 Å². The monoisotopic (exact) mass is 338 g/mol. The van der Waals surface area contributed by atoms with Crippen LogP contribution in [0.2, 0.25) is 0 Å². The molecule has 1 aromatic rings. The van der Waals surface area contributed by atoms with Crippen molar-refractivity contribution in [1.82, 2.24) is 4.90 Å². The highest BCUT2D eigenvalue weighted by atomic mass is 16.5. The second-order valence-corrected chi connectivity index (χ2v) is 7.58. The average Bonchev–Trinajstić information content (AvgIpc) is 2.97. The maximum Gasteiger partial charge on any atom is 0.165 e. The molecule has 2 unspecified atom stereocenters. The van der Waals surface area contributed by atoms with E-state index in [0.717, 1.165) is 37.4 Å². The van der Waals surface area contributed by atoms with Crippen molar-refractivity contribution in [2.24, 2.45) is 5.92 Å². The third-order valence-corrected chi connectivity index (χ3v) is 6.70. The van der Waals surface area contributed by atoms with E-state index in [1.54, 1.807) is 7.11 Å². The van der Waals surface area contributed by atoms with Crippen molar-refractivity contribution in [2.45, 2.75) is 42.9 Å². The Morgan fingerprint density at radius 2 is 2.32 bits per heavy atom. The SMILES string of the molecule is COc1ccc2c3c1O[C@H]1[C@@H](O)C=CC4C(C2)N(CCC#N)CC[C@@]341. The minimum atomic E-state index is -0.592. The van der Waals surface area contributed by atoms with Gasteiger partial charge in [0.05, 0.1) is 13.2 Å². The Morgan fingerprint density at radius 1 is 1.44 bits per heavy atom. The zero-order chi connectivity index (χ0) is 17.2. The van der Waals surface area contributed by atoms with Crippen LogP contribution in [-0.4, -0.2) is 48.5 Å². The van der Waals surface area contributed by atoms with Gasteiger partial charge in [-0.3, -0.25) is 4.90 Å². The lowest BCUT2D eigenvalue weighted by molar-refractivity contribution is -0.0510. The van der Waals surface area contributed by atoms with Gasteiger partial charge in [0.25, 0.3) is 0 Å². The molecule has 1 fully saturated rings. The molecular weight excluding hydrogens is 316 g/mol. The zero-order valence-corrected chi connectivity index (χ0v) is 14.3. The van der Waals surface area contributed by atoms with Crippen LogP contribution in [0.15, 0.2) is 24.3 Å². The number of aliphatic hydroxyl groups excluding tert-OH is 1. The van der Waals surface area contributed by atoms with Crippen molar-refractivity contribution in [1.29, 1.82) is 5.26 Å². The van der Waals surface area contributed by atoms with Crippen molar-refractivity contribution in [3.05, 3.63) is 35.4 Å². The van der Waals surface area contributed by atoms with Crippen LogP contribution >= 0.6 is 0 Å². The van der Waals surface area contributed by atoms with Gasteiger partial charge in [0, 0.05) is 35.9 Å². The van der Waals surface area contributed by atoms with E-state index < -0.39 is 6.10 Å². The van der Waals surface area contributed by atoms with Crippen molar-refractivity contribution in [3.63, 3.8) is 0 Å². The smallest absolute Gasteiger partial charge is 0.165 e. The first-order chi connectivity index (χ1) is 12.2. The van der Waals surface area contributed by atoms with Gasteiger partial charge >= 0.3 is 0 Å². The molecule has 1 saturated heterocycles. The van der Waals surface area contributed by atoms with Gasteiger partial charge in [-0.1, -0.05) is 18.2 Å². The van der Waals surface area contributed by atoms with Crippen molar-refractivity contribution in [2.75, 3.05) is 20.2 Å². The summed E-state index contributed by atoms with van der Waals surface area (Å²) in [4.78, 5) is 2.46. The number of ether oxygens (including phenoxy) is 2. The summed E-state index contributed by atoms with van der Waals surface area (Å²) in [5.41, 5.74) is 2.41. The molecular formula is C20H22N2O3. The molecule has 2 heterocycles. The van der Waals surface area contributed by atoms with E-state index >= 15 is 0 Å². The Hall–Kier alpha value is -2.03. The topological polar surface area (TPSA) is 65.7 Å². The highest BCUT2D eigenvalue weighted by Gasteiger charge is 2.64. The molecule has 4 aliphatic rings. The molecule has 25 heavy (non-hydrogen) atoms. The van der Waals surface area contributed by atoms with Gasteiger partial charge < -0.3 is 14.6 Å². The molecule has 130 valence electrons. The van der Waals surface area contributed by atoms with Crippen molar-refractivity contribution in [3.8, 4) is 17.6 Å². The summed E-state index contributed by atoms with van der Waals surface area (Å²) in [7, 11) is 1.67. The fraction of sp³-hybridized carbons (Fsp3) is 0.550. The minimum Gasteiger partial charge on any atom is -0.493 e. The van der Waals surface area contributed by atoms with Gasteiger partial charge in [-0.15, -0.1) is 0 Å². The molecule has 2 aliphatic heterocycles. The first-order valence-electron chi connectivity index (χ1n) is 9.05. The third kappa shape index (κ3) is 1.79. The predicted molar refractivity (Wildman–Crippen MR) is 91.6 cm³/mol. The number of nitriles is 1. The molecule has 1 aromatic carbocycles. The summed E-state index contributed by atoms with van der Waals surface area (Å²) in [5, 5.41) is 19.6. The fourth-order valence-corrected chi connectivity index (χ4v) is 5.75. The van der Waals surface area contributed by atoms with E-state index in [2.05, 4.69) is 23.1 Å². The van der Waals surface area contributed by atoms with E-state index in [4.69, 9.17) is 14.7 Å². The fourth-order valence-electron chi connectivity index (χ4n) is 5.75. The van der Waals surface area contributed by atoms with Gasteiger partial charge in [0.2, 0.25) is 0 Å². The Morgan fingerprint density at radius 3 is 3.12 bits per heavy atom. The summed E-state index contributed by atoms with van der Waals surface area (Å²) >= 11 is 0. The van der Waals surface area contributed by atoms with Crippen molar-refractivity contribution < 1.29 is 14.6 Å². The summed E-state index contributed by atoms with van der Waals surface area (Å²) in [5.74, 6) is 1.91. The van der Waals surface area contributed by atoms with Crippen LogP contribution in [0.4, 0.5) is 0 Å². The highest BCUT2D eigenvalue weighted by Crippen LogP contribution is 2.62. The van der Waals surface area contributed by atoms with Crippen LogP contribution in [-0.2, 0) is 11.8 Å². The number of aliphatic hydroxyl groups is 1. The number of hydrogen-bond acceptors (Lipinski definition) is 5. The number of likely N-dealkylation sites (tertiary alicyclic amines) is 1. The number of rotatable bonds is 3. The summed E-state index contributed by atoms with van der Waals surface area (Å²) in [6.45, 7) is 1.76. The minimum absolute atomic E-state index is 0.167. The van der Waals surface area contributed by atoms with Gasteiger partial charge in [0.15, 0.2) is 11.5 Å². The lowest BCUT2D eigenvalue weighted by Gasteiger charge is -2.57. The van der Waals surface area contributed by atoms with Crippen LogP contribution in [0.1, 0.15) is 24.0 Å². The molecule has 2 bridgehead atoms. The molecule has 0 radical (unpaired) electrons. The molecule has 5 heteroatoms. The summed E-state index contributed by atoms with van der Waals surface area (Å²) in [6.07, 6.45) is 5.73. The second kappa shape index (κ2) is 5.23. The molecule has 5 atom stereocenters. The third-order valence-electron chi connectivity index (χ3n) is 6.70. The van der Waals surface area contributed by atoms with Gasteiger partial charge in [-0.2, -0.15) is 5.26 Å². The summed E-state index contributed by atoms with van der Waals surface area (Å²) in [6, 6.07) is 6.79. The van der Waals surface area contributed by atoms with Gasteiger partial charge in [-0.25, -0.2) is 0 Å². The molecule has 5 nitrogen and oxygen atoms in total. The Kier molecular flexibility index (Phi) is 3.19. The molecule has 0 amide bonds. The van der Waals surface area contributed by atoms with Crippen LogP contribution in [0.3, 0.4) is 0 Å². The molecule has 0 saturated carbocycles. The molecule has 2 aliphatic carbocycles. The van der Waals surface area contributed by atoms with E-state index in [1.807, 2.05) is 12.1 Å². The van der Waals surface area contributed by atoms with E-state index in [9.17, 15) is 5.11 Å². The molecule has 1 spiro atoms. The number of nitrogens with zero attached hydrogens (tertiary/aromatic N) is 2. The van der Waals surface area contributed by atoms with Crippen LogP contribution < -0.4 is 9.47 Å². The first-order valence-corrected chi connectivity index (χ1v) is 9.05. The van der Waals surface area contributed by atoms with Gasteiger partial charge in [0.1, 0.15) is 12.2 Å². The standard InChI is InChI=1S/C20H22N2O3/c1-24-16-6-3-12-11-14-13-4-5-15(23)19-20(13,17(12)18(16)25-19)7-10-22(14)9-2-8-21/h3-6,13-15,19,23H,2,7,9-11H2,1H3/t13?,14?,15-,19-,20-/m0/s1. The highest BCUT2D eigenvalue weighted by molar-refractivity contribution is 5.62. The lowest BCUT2D eigenvalue weighted by atomic mass is 9.53. The maximum atomic E-state index is 10.7. The first kappa shape index (κ1) is 15.2. The number of benzene rings is 1. The molecule has 1 N–H and O–H groups in total. The van der Waals surface area contributed by atoms with E-state index in [-0.39, 0.29) is 11.5 Å². The number of hydrogen-bond donors (Lipinski definition) is 1.